The van der Waals surface area contributed by atoms with Crippen molar-refractivity contribution < 1.29 is 13.6 Å². The van der Waals surface area contributed by atoms with Gasteiger partial charge < -0.3 is 5.32 Å². The molecule has 0 saturated carbocycles. The molecular formula is C11H13F2NO. The maximum Gasteiger partial charge on any atom is 0.315 e. The van der Waals surface area contributed by atoms with Gasteiger partial charge in [0.15, 0.2) is 0 Å². The van der Waals surface area contributed by atoms with Gasteiger partial charge >= 0.3 is 6.43 Å². The minimum Gasteiger partial charge on any atom is -0.345 e. The molecule has 0 saturated heterocycles. The molecule has 1 atom stereocenters. The van der Waals surface area contributed by atoms with Crippen LogP contribution in [0.25, 0.3) is 0 Å². The molecule has 0 aromatic heterocycles. The quantitative estimate of drug-likeness (QED) is 0.820. The van der Waals surface area contributed by atoms with E-state index in [1.165, 1.54) is 0 Å². The lowest BCUT2D eigenvalue weighted by molar-refractivity contribution is -0.132. The summed E-state index contributed by atoms with van der Waals surface area (Å²) in [7, 11) is 0. The van der Waals surface area contributed by atoms with Gasteiger partial charge in [-0.15, -0.1) is 0 Å². The molecule has 2 nitrogen and oxygen atoms in total. The number of rotatable bonds is 3. The number of amides is 1. The van der Waals surface area contributed by atoms with Gasteiger partial charge in [0.2, 0.25) is 0 Å². The van der Waals surface area contributed by atoms with E-state index in [0.29, 0.717) is 0 Å². The third-order valence-corrected chi connectivity index (χ3v) is 2.21. The summed E-state index contributed by atoms with van der Waals surface area (Å²) in [5.74, 6) is -1.23. The SMILES string of the molecule is Cc1ccccc1C(C)NC(=O)C(F)F. The highest BCUT2D eigenvalue weighted by atomic mass is 19.3. The van der Waals surface area contributed by atoms with E-state index in [-0.39, 0.29) is 0 Å². The highest BCUT2D eigenvalue weighted by molar-refractivity contribution is 5.79. The van der Waals surface area contributed by atoms with E-state index >= 15 is 0 Å². The Hall–Kier alpha value is -1.45. The van der Waals surface area contributed by atoms with Crippen molar-refractivity contribution in [1.29, 1.82) is 0 Å². The summed E-state index contributed by atoms with van der Waals surface area (Å²) >= 11 is 0. The van der Waals surface area contributed by atoms with Crippen molar-refractivity contribution in [1.82, 2.24) is 5.32 Å². The van der Waals surface area contributed by atoms with Gasteiger partial charge in [-0.05, 0) is 25.0 Å². The predicted octanol–water partition coefficient (Wildman–Crippen LogP) is 2.44. The van der Waals surface area contributed by atoms with Gasteiger partial charge in [-0.25, -0.2) is 0 Å². The molecule has 82 valence electrons. The molecule has 0 fully saturated rings. The largest absolute Gasteiger partial charge is 0.345 e. The lowest BCUT2D eigenvalue weighted by atomic mass is 10.0. The van der Waals surface area contributed by atoms with Crippen molar-refractivity contribution in [3.8, 4) is 0 Å². The van der Waals surface area contributed by atoms with Crippen molar-refractivity contribution in [2.75, 3.05) is 0 Å². The Balaban J connectivity index is 2.73. The number of halogens is 2. The third-order valence-electron chi connectivity index (χ3n) is 2.21. The summed E-state index contributed by atoms with van der Waals surface area (Å²) in [6.07, 6.45) is -2.96. The molecule has 0 aliphatic heterocycles. The fourth-order valence-corrected chi connectivity index (χ4v) is 1.43. The van der Waals surface area contributed by atoms with Crippen LogP contribution in [-0.4, -0.2) is 12.3 Å². The Morgan fingerprint density at radius 1 is 1.33 bits per heavy atom. The molecule has 1 aromatic carbocycles. The van der Waals surface area contributed by atoms with Crippen LogP contribution in [0.4, 0.5) is 8.78 Å². The number of alkyl halides is 2. The van der Waals surface area contributed by atoms with Gasteiger partial charge in [0, 0.05) is 0 Å². The van der Waals surface area contributed by atoms with E-state index in [1.807, 2.05) is 31.2 Å². The molecule has 1 N–H and O–H groups in total. The second-order valence-electron chi connectivity index (χ2n) is 3.39. The number of hydrogen-bond donors (Lipinski definition) is 1. The third kappa shape index (κ3) is 3.01. The number of carbonyl (C=O) groups excluding carboxylic acids is 1. The average Bonchev–Trinajstić information content (AvgIpc) is 2.18. The summed E-state index contributed by atoms with van der Waals surface area (Å²) in [6, 6.07) is 6.97. The zero-order chi connectivity index (χ0) is 11.4. The lowest BCUT2D eigenvalue weighted by Crippen LogP contribution is -2.32. The normalized spacial score (nSPS) is 12.6. The van der Waals surface area contributed by atoms with E-state index in [0.717, 1.165) is 11.1 Å². The molecule has 15 heavy (non-hydrogen) atoms. The summed E-state index contributed by atoms with van der Waals surface area (Å²) in [4.78, 5) is 10.8. The van der Waals surface area contributed by atoms with Crippen LogP contribution in [-0.2, 0) is 4.79 Å². The predicted molar refractivity (Wildman–Crippen MR) is 53.7 cm³/mol. The van der Waals surface area contributed by atoms with Crippen LogP contribution < -0.4 is 5.32 Å². The smallest absolute Gasteiger partial charge is 0.315 e. The van der Waals surface area contributed by atoms with E-state index in [2.05, 4.69) is 5.32 Å². The van der Waals surface area contributed by atoms with Gasteiger partial charge in [0.25, 0.3) is 5.91 Å². The van der Waals surface area contributed by atoms with Crippen LogP contribution in [0.15, 0.2) is 24.3 Å². The van der Waals surface area contributed by atoms with Crippen LogP contribution in [0.3, 0.4) is 0 Å². The number of nitrogens with one attached hydrogen (secondary N) is 1. The van der Waals surface area contributed by atoms with Crippen LogP contribution in [0.1, 0.15) is 24.1 Å². The standard InChI is InChI=1S/C11H13F2NO/c1-7-5-3-4-6-9(7)8(2)14-11(15)10(12)13/h3-6,8,10H,1-2H3,(H,14,15). The van der Waals surface area contributed by atoms with Crippen LogP contribution in [0, 0.1) is 6.92 Å². The molecule has 1 aromatic rings. The Kier molecular flexibility index (Phi) is 3.77. The van der Waals surface area contributed by atoms with Crippen LogP contribution in [0.2, 0.25) is 0 Å². The number of hydrogen-bond acceptors (Lipinski definition) is 1. The number of benzene rings is 1. The minimum absolute atomic E-state index is 0.396. The van der Waals surface area contributed by atoms with Crippen LogP contribution in [0.5, 0.6) is 0 Å². The molecule has 1 rings (SSSR count). The molecule has 4 heteroatoms. The molecule has 0 heterocycles. The van der Waals surface area contributed by atoms with Gasteiger partial charge in [0.05, 0.1) is 6.04 Å². The maximum atomic E-state index is 12.0. The lowest BCUT2D eigenvalue weighted by Gasteiger charge is -2.15. The second kappa shape index (κ2) is 4.87. The van der Waals surface area contributed by atoms with Crippen molar-refractivity contribution in [2.24, 2.45) is 0 Å². The minimum atomic E-state index is -2.96. The first-order chi connectivity index (χ1) is 7.02. The van der Waals surface area contributed by atoms with Gasteiger partial charge in [-0.3, -0.25) is 4.79 Å². The van der Waals surface area contributed by atoms with Crippen LogP contribution >= 0.6 is 0 Å². The fourth-order valence-electron chi connectivity index (χ4n) is 1.43. The first kappa shape index (κ1) is 11.6. The molecule has 0 radical (unpaired) electrons. The Morgan fingerprint density at radius 3 is 2.47 bits per heavy atom. The highest BCUT2D eigenvalue weighted by Crippen LogP contribution is 2.16. The monoisotopic (exact) mass is 213 g/mol. The number of aryl methyl sites for hydroxylation is 1. The molecule has 0 bridgehead atoms. The highest BCUT2D eigenvalue weighted by Gasteiger charge is 2.18. The van der Waals surface area contributed by atoms with Crippen molar-refractivity contribution in [3.63, 3.8) is 0 Å². The number of carbonyl (C=O) groups is 1. The summed E-state index contributed by atoms with van der Waals surface area (Å²) < 4.78 is 24.0. The summed E-state index contributed by atoms with van der Waals surface area (Å²) in [6.45, 7) is 3.56. The first-order valence-electron chi connectivity index (χ1n) is 4.66. The van der Waals surface area contributed by atoms with Crippen molar-refractivity contribution >= 4 is 5.91 Å². The van der Waals surface area contributed by atoms with Gasteiger partial charge in [-0.1, -0.05) is 24.3 Å². The van der Waals surface area contributed by atoms with Gasteiger partial charge in [0.1, 0.15) is 0 Å². The molecule has 1 amide bonds. The molecule has 0 spiro atoms. The molecule has 0 aliphatic rings. The molecule has 1 unspecified atom stereocenters. The average molecular weight is 213 g/mol. The Bertz CT molecular complexity index is 352. The Labute approximate surface area is 87.3 Å². The Morgan fingerprint density at radius 2 is 1.93 bits per heavy atom. The first-order valence-corrected chi connectivity index (χ1v) is 4.66. The zero-order valence-corrected chi connectivity index (χ0v) is 8.63. The topological polar surface area (TPSA) is 29.1 Å². The van der Waals surface area contributed by atoms with E-state index < -0.39 is 18.4 Å². The molecular weight excluding hydrogens is 200 g/mol. The van der Waals surface area contributed by atoms with Gasteiger partial charge in [-0.2, -0.15) is 8.78 Å². The van der Waals surface area contributed by atoms with E-state index in [9.17, 15) is 13.6 Å². The van der Waals surface area contributed by atoms with E-state index in [4.69, 9.17) is 0 Å². The summed E-state index contributed by atoms with van der Waals surface area (Å²) in [5.41, 5.74) is 1.83. The van der Waals surface area contributed by atoms with Crippen molar-refractivity contribution in [3.05, 3.63) is 35.4 Å². The maximum absolute atomic E-state index is 12.0. The zero-order valence-electron chi connectivity index (χ0n) is 8.63. The molecule has 0 aliphatic carbocycles. The van der Waals surface area contributed by atoms with Crippen molar-refractivity contribution in [2.45, 2.75) is 26.3 Å². The fraction of sp³-hybridized carbons (Fsp3) is 0.364. The second-order valence-corrected chi connectivity index (χ2v) is 3.39. The summed E-state index contributed by atoms with van der Waals surface area (Å²) in [5, 5.41) is 2.25. The van der Waals surface area contributed by atoms with E-state index in [1.54, 1.807) is 6.92 Å².